The lowest BCUT2D eigenvalue weighted by molar-refractivity contribution is -0.113. The van der Waals surface area contributed by atoms with Gasteiger partial charge < -0.3 is 15.1 Å². The summed E-state index contributed by atoms with van der Waals surface area (Å²) in [5, 5.41) is 6.88. The summed E-state index contributed by atoms with van der Waals surface area (Å²) in [4.78, 5) is 26.1. The monoisotopic (exact) mass is 444 g/mol. The molecule has 4 rings (SSSR count). The van der Waals surface area contributed by atoms with Gasteiger partial charge in [0.2, 0.25) is 5.91 Å². The topological polar surface area (TPSA) is 71.3 Å². The summed E-state index contributed by atoms with van der Waals surface area (Å²) in [6.45, 7) is 3.89. The molecule has 0 fully saturated rings. The normalized spacial score (nSPS) is 11.8. The van der Waals surface area contributed by atoms with Crippen molar-refractivity contribution < 1.29 is 14.0 Å². The maximum atomic E-state index is 13.0. The Bertz CT molecular complexity index is 1210. The number of benzene rings is 3. The third-order valence-corrected chi connectivity index (χ3v) is 6.12. The van der Waals surface area contributed by atoms with Crippen molar-refractivity contribution in [3.8, 4) is 0 Å². The molecule has 2 amide bonds. The van der Waals surface area contributed by atoms with Crippen LogP contribution in [0, 0.1) is 6.92 Å². The summed E-state index contributed by atoms with van der Waals surface area (Å²) >= 11 is 1.34. The number of aryl methyl sites for hydroxylation is 1. The van der Waals surface area contributed by atoms with Gasteiger partial charge in [-0.2, -0.15) is 0 Å². The van der Waals surface area contributed by atoms with Gasteiger partial charge in [-0.25, -0.2) is 0 Å². The quantitative estimate of drug-likeness (QED) is 0.345. The van der Waals surface area contributed by atoms with Crippen molar-refractivity contribution in [3.63, 3.8) is 0 Å². The summed E-state index contributed by atoms with van der Waals surface area (Å²) in [5.41, 5.74) is 3.21. The van der Waals surface area contributed by atoms with Crippen molar-refractivity contribution in [1.82, 2.24) is 5.32 Å². The van der Waals surface area contributed by atoms with Crippen LogP contribution < -0.4 is 10.6 Å². The SMILES string of the molecule is Cc1ccc(NC(=O)CSc2ccccc2C(=O)NC(C)c2cc3ccccc3o2)cc1. The molecule has 0 radical (unpaired) electrons. The lowest BCUT2D eigenvalue weighted by atomic mass is 10.1. The van der Waals surface area contributed by atoms with Crippen molar-refractivity contribution in [1.29, 1.82) is 0 Å². The van der Waals surface area contributed by atoms with Gasteiger partial charge in [-0.3, -0.25) is 9.59 Å². The Morgan fingerprint density at radius 2 is 1.69 bits per heavy atom. The number of rotatable bonds is 7. The number of anilines is 1. The molecule has 1 unspecified atom stereocenters. The van der Waals surface area contributed by atoms with Crippen LogP contribution in [0.5, 0.6) is 0 Å². The minimum Gasteiger partial charge on any atom is -0.459 e. The van der Waals surface area contributed by atoms with Gasteiger partial charge in [0, 0.05) is 16.0 Å². The van der Waals surface area contributed by atoms with E-state index in [1.54, 1.807) is 6.07 Å². The second-order valence-electron chi connectivity index (χ2n) is 7.58. The highest BCUT2D eigenvalue weighted by Crippen LogP contribution is 2.26. The third-order valence-electron chi connectivity index (χ3n) is 5.04. The van der Waals surface area contributed by atoms with Gasteiger partial charge in [0.05, 0.1) is 17.4 Å². The molecule has 32 heavy (non-hydrogen) atoms. The molecule has 0 spiro atoms. The molecular weight excluding hydrogens is 420 g/mol. The summed E-state index contributed by atoms with van der Waals surface area (Å²) in [7, 11) is 0. The minimum absolute atomic E-state index is 0.121. The third kappa shape index (κ3) is 5.21. The number of hydrogen-bond donors (Lipinski definition) is 2. The molecule has 0 aliphatic heterocycles. The fourth-order valence-electron chi connectivity index (χ4n) is 3.32. The summed E-state index contributed by atoms with van der Waals surface area (Å²) < 4.78 is 5.87. The Balaban J connectivity index is 1.40. The highest BCUT2D eigenvalue weighted by molar-refractivity contribution is 8.00. The number of carbonyl (C=O) groups excluding carboxylic acids is 2. The molecule has 0 aliphatic carbocycles. The summed E-state index contributed by atoms with van der Waals surface area (Å²) in [5.74, 6) is 0.573. The van der Waals surface area contributed by atoms with Crippen LogP contribution >= 0.6 is 11.8 Å². The molecule has 4 aromatic rings. The number of furan rings is 1. The van der Waals surface area contributed by atoms with Gasteiger partial charge in [0.15, 0.2) is 0 Å². The number of nitrogens with one attached hydrogen (secondary N) is 2. The lowest BCUT2D eigenvalue weighted by Gasteiger charge is -2.14. The largest absolute Gasteiger partial charge is 0.459 e. The fraction of sp³-hybridized carbons (Fsp3) is 0.154. The van der Waals surface area contributed by atoms with E-state index >= 15 is 0 Å². The highest BCUT2D eigenvalue weighted by atomic mass is 32.2. The van der Waals surface area contributed by atoms with E-state index in [0.717, 1.165) is 27.1 Å². The van der Waals surface area contributed by atoms with Crippen molar-refractivity contribution in [2.24, 2.45) is 0 Å². The Morgan fingerprint density at radius 3 is 2.47 bits per heavy atom. The van der Waals surface area contributed by atoms with Crippen LogP contribution in [0.4, 0.5) is 5.69 Å². The fourth-order valence-corrected chi connectivity index (χ4v) is 4.17. The number of carbonyl (C=O) groups is 2. The standard InChI is InChI=1S/C26H24N2O3S/c1-17-11-13-20(14-12-17)28-25(29)16-32-24-10-6-4-8-21(24)26(30)27-18(2)23-15-19-7-3-5-9-22(19)31-23/h3-15,18H,16H2,1-2H3,(H,27,30)(H,28,29). The number of hydrogen-bond acceptors (Lipinski definition) is 4. The molecule has 1 atom stereocenters. The van der Waals surface area contributed by atoms with Gasteiger partial charge in [-0.15, -0.1) is 11.8 Å². The van der Waals surface area contributed by atoms with E-state index in [1.807, 2.05) is 86.6 Å². The maximum absolute atomic E-state index is 13.0. The van der Waals surface area contributed by atoms with Crippen LogP contribution in [0.1, 0.15) is 34.6 Å². The van der Waals surface area contributed by atoms with Gasteiger partial charge in [0.25, 0.3) is 5.91 Å². The highest BCUT2D eigenvalue weighted by Gasteiger charge is 2.18. The molecule has 0 saturated carbocycles. The Hall–Kier alpha value is -3.51. The maximum Gasteiger partial charge on any atom is 0.252 e. The van der Waals surface area contributed by atoms with E-state index in [-0.39, 0.29) is 23.6 Å². The van der Waals surface area contributed by atoms with E-state index in [1.165, 1.54) is 11.8 Å². The van der Waals surface area contributed by atoms with Crippen molar-refractivity contribution in [2.75, 3.05) is 11.1 Å². The van der Waals surface area contributed by atoms with E-state index in [0.29, 0.717) is 11.3 Å². The smallest absolute Gasteiger partial charge is 0.252 e. The van der Waals surface area contributed by atoms with Crippen LogP contribution in [-0.4, -0.2) is 17.6 Å². The molecule has 1 aromatic heterocycles. The molecule has 2 N–H and O–H groups in total. The zero-order valence-corrected chi connectivity index (χ0v) is 18.7. The average Bonchev–Trinajstić information content (AvgIpc) is 3.24. The van der Waals surface area contributed by atoms with Crippen LogP contribution in [0.15, 0.2) is 88.2 Å². The van der Waals surface area contributed by atoms with Crippen LogP contribution in [-0.2, 0) is 4.79 Å². The average molecular weight is 445 g/mol. The first-order valence-corrected chi connectivity index (χ1v) is 11.4. The molecule has 0 bridgehead atoms. The van der Waals surface area contributed by atoms with Gasteiger partial charge in [-0.05, 0) is 50.2 Å². The van der Waals surface area contributed by atoms with Crippen molar-refractivity contribution >= 4 is 40.2 Å². The zero-order chi connectivity index (χ0) is 22.5. The number of fused-ring (bicyclic) bond motifs is 1. The molecule has 3 aromatic carbocycles. The van der Waals surface area contributed by atoms with E-state index in [9.17, 15) is 9.59 Å². The number of para-hydroxylation sites is 1. The predicted molar refractivity (Wildman–Crippen MR) is 129 cm³/mol. The molecule has 6 heteroatoms. The molecule has 0 saturated heterocycles. The van der Waals surface area contributed by atoms with Gasteiger partial charge in [0.1, 0.15) is 11.3 Å². The van der Waals surface area contributed by atoms with Gasteiger partial charge in [-0.1, -0.05) is 48.0 Å². The number of thioether (sulfide) groups is 1. The van der Waals surface area contributed by atoms with Crippen molar-refractivity contribution in [3.05, 3.63) is 95.7 Å². The van der Waals surface area contributed by atoms with Crippen molar-refractivity contribution in [2.45, 2.75) is 24.8 Å². The molecule has 162 valence electrons. The molecular formula is C26H24N2O3S. The molecule has 0 aliphatic rings. The van der Waals surface area contributed by atoms with Crippen LogP contribution in [0.25, 0.3) is 11.0 Å². The zero-order valence-electron chi connectivity index (χ0n) is 17.9. The molecule has 5 nitrogen and oxygen atoms in total. The van der Waals surface area contributed by atoms with Crippen LogP contribution in [0.2, 0.25) is 0 Å². The Morgan fingerprint density at radius 1 is 0.969 bits per heavy atom. The summed E-state index contributed by atoms with van der Waals surface area (Å²) in [6, 6.07) is 24.3. The van der Waals surface area contributed by atoms with Gasteiger partial charge >= 0.3 is 0 Å². The van der Waals surface area contributed by atoms with E-state index in [4.69, 9.17) is 4.42 Å². The second kappa shape index (κ2) is 9.75. The van der Waals surface area contributed by atoms with E-state index in [2.05, 4.69) is 10.6 Å². The minimum atomic E-state index is -0.294. The first kappa shape index (κ1) is 21.7. The lowest BCUT2D eigenvalue weighted by Crippen LogP contribution is -2.27. The van der Waals surface area contributed by atoms with E-state index < -0.39 is 0 Å². The predicted octanol–water partition coefficient (Wildman–Crippen LogP) is 5.96. The summed E-state index contributed by atoms with van der Waals surface area (Å²) in [6.07, 6.45) is 0. The second-order valence-corrected chi connectivity index (χ2v) is 8.60. The molecule has 1 heterocycles. The first-order valence-electron chi connectivity index (χ1n) is 10.4. The first-order chi connectivity index (χ1) is 15.5. The number of amides is 2. The Labute approximate surface area is 191 Å². The van der Waals surface area contributed by atoms with Crippen LogP contribution in [0.3, 0.4) is 0 Å². The Kier molecular flexibility index (Phi) is 6.61.